The molecule has 0 unspecified atom stereocenters. The summed E-state index contributed by atoms with van der Waals surface area (Å²) in [4.78, 5) is 14.4. The number of nitrogens with zero attached hydrogens (tertiary/aromatic N) is 4. The van der Waals surface area contributed by atoms with E-state index in [4.69, 9.17) is 10.6 Å². The molecule has 0 aromatic carbocycles. The van der Waals surface area contributed by atoms with Crippen LogP contribution in [0.15, 0.2) is 17.2 Å². The van der Waals surface area contributed by atoms with Crippen LogP contribution in [0.5, 0.6) is 5.75 Å². The summed E-state index contributed by atoms with van der Waals surface area (Å²) in [6, 6.07) is 0. The van der Waals surface area contributed by atoms with Crippen molar-refractivity contribution in [2.75, 3.05) is 24.5 Å². The van der Waals surface area contributed by atoms with Gasteiger partial charge in [-0.1, -0.05) is 0 Å². The lowest BCUT2D eigenvalue weighted by Gasteiger charge is -2.20. The lowest BCUT2D eigenvalue weighted by atomic mass is 10.4. The van der Waals surface area contributed by atoms with E-state index in [2.05, 4.69) is 20.4 Å². The van der Waals surface area contributed by atoms with Crippen molar-refractivity contribution in [2.24, 2.45) is 5.84 Å². The van der Waals surface area contributed by atoms with Crippen molar-refractivity contribution < 1.29 is 4.74 Å². The van der Waals surface area contributed by atoms with Crippen LogP contribution < -0.4 is 20.9 Å². The van der Waals surface area contributed by atoms with Crippen LogP contribution in [0.4, 0.5) is 11.6 Å². The molecule has 0 fully saturated rings. The first-order valence-electron chi connectivity index (χ1n) is 5.20. The molecule has 7 nitrogen and oxygen atoms in total. The topological polar surface area (TPSA) is 89.2 Å². The molecule has 0 aliphatic heterocycles. The highest BCUT2D eigenvalue weighted by Gasteiger charge is 2.15. The molecule has 2 aromatic heterocycles. The zero-order valence-electron chi connectivity index (χ0n) is 10.1. The standard InChI is InChI=1S/C10H14N6OS/c1-16(3-7-4-18-6-14-7)10-8(17-2)9(15-11)12-5-13-10/h4-6H,3,11H2,1-2H3,(H,12,13,15). The monoisotopic (exact) mass is 266 g/mol. The number of ether oxygens (including phenoxy) is 1. The van der Waals surface area contributed by atoms with Crippen LogP contribution in [0, 0.1) is 0 Å². The van der Waals surface area contributed by atoms with E-state index in [0.29, 0.717) is 23.9 Å². The molecule has 0 aliphatic rings. The quantitative estimate of drug-likeness (QED) is 0.613. The minimum Gasteiger partial charge on any atom is -0.490 e. The highest BCUT2D eigenvalue weighted by Crippen LogP contribution is 2.31. The number of rotatable bonds is 5. The van der Waals surface area contributed by atoms with Crippen LogP contribution in [-0.4, -0.2) is 29.1 Å². The Kier molecular flexibility index (Phi) is 3.90. The molecule has 0 saturated heterocycles. The third kappa shape index (κ3) is 2.49. The lowest BCUT2D eigenvalue weighted by Crippen LogP contribution is -2.20. The Hall–Kier alpha value is -1.93. The summed E-state index contributed by atoms with van der Waals surface area (Å²) >= 11 is 1.56. The molecule has 0 aliphatic carbocycles. The van der Waals surface area contributed by atoms with E-state index in [-0.39, 0.29) is 0 Å². The van der Waals surface area contributed by atoms with Gasteiger partial charge >= 0.3 is 0 Å². The first-order chi connectivity index (χ1) is 8.76. The Labute approximate surface area is 109 Å². The minimum absolute atomic E-state index is 0.452. The van der Waals surface area contributed by atoms with Gasteiger partial charge in [-0.2, -0.15) is 0 Å². The number of nitrogens with two attached hydrogens (primary N) is 1. The Balaban J connectivity index is 2.26. The van der Waals surface area contributed by atoms with Gasteiger partial charge in [-0.15, -0.1) is 11.3 Å². The maximum Gasteiger partial charge on any atom is 0.205 e. The molecule has 2 aromatic rings. The Morgan fingerprint density at radius 1 is 1.44 bits per heavy atom. The number of methoxy groups -OCH3 is 1. The summed E-state index contributed by atoms with van der Waals surface area (Å²) in [5.41, 5.74) is 5.26. The molecule has 2 heterocycles. The highest BCUT2D eigenvalue weighted by atomic mass is 32.1. The second kappa shape index (κ2) is 5.61. The molecule has 18 heavy (non-hydrogen) atoms. The first kappa shape index (κ1) is 12.5. The van der Waals surface area contributed by atoms with Gasteiger partial charge in [0.25, 0.3) is 0 Å². The first-order valence-corrected chi connectivity index (χ1v) is 6.14. The van der Waals surface area contributed by atoms with Crippen LogP contribution in [0.1, 0.15) is 5.69 Å². The summed E-state index contributed by atoms with van der Waals surface area (Å²) in [5.74, 6) is 7.01. The predicted octanol–water partition coefficient (Wildman–Crippen LogP) is 0.864. The Morgan fingerprint density at radius 2 is 2.28 bits per heavy atom. The van der Waals surface area contributed by atoms with Crippen molar-refractivity contribution in [1.29, 1.82) is 0 Å². The third-order valence-electron chi connectivity index (χ3n) is 2.37. The molecule has 0 atom stereocenters. The van der Waals surface area contributed by atoms with Gasteiger partial charge < -0.3 is 15.1 Å². The molecule has 0 spiro atoms. The van der Waals surface area contributed by atoms with Crippen LogP contribution in [0.3, 0.4) is 0 Å². The van der Waals surface area contributed by atoms with Crippen molar-refractivity contribution in [3.63, 3.8) is 0 Å². The van der Waals surface area contributed by atoms with E-state index in [1.165, 1.54) is 6.33 Å². The molecular formula is C10H14N6OS. The second-order valence-corrected chi connectivity index (χ2v) is 4.28. The van der Waals surface area contributed by atoms with E-state index in [1.807, 2.05) is 17.3 Å². The van der Waals surface area contributed by atoms with Crippen LogP contribution in [0.2, 0.25) is 0 Å². The molecule has 0 saturated carbocycles. The van der Waals surface area contributed by atoms with Gasteiger partial charge in [-0.25, -0.2) is 20.8 Å². The third-order valence-corrected chi connectivity index (χ3v) is 3.01. The fraction of sp³-hybridized carbons (Fsp3) is 0.300. The Bertz CT molecular complexity index is 503. The van der Waals surface area contributed by atoms with Gasteiger partial charge in [-0.3, -0.25) is 0 Å². The number of hydrogen-bond donors (Lipinski definition) is 2. The van der Waals surface area contributed by atoms with Crippen LogP contribution >= 0.6 is 11.3 Å². The van der Waals surface area contributed by atoms with Gasteiger partial charge in [0.15, 0.2) is 11.6 Å². The van der Waals surface area contributed by atoms with Gasteiger partial charge in [0.1, 0.15) is 6.33 Å². The smallest absolute Gasteiger partial charge is 0.205 e. The molecule has 0 radical (unpaired) electrons. The minimum atomic E-state index is 0.452. The largest absolute Gasteiger partial charge is 0.490 e. The van der Waals surface area contributed by atoms with Gasteiger partial charge in [-0.05, 0) is 0 Å². The second-order valence-electron chi connectivity index (χ2n) is 3.56. The van der Waals surface area contributed by atoms with E-state index in [1.54, 1.807) is 24.0 Å². The fourth-order valence-electron chi connectivity index (χ4n) is 1.56. The summed E-state index contributed by atoms with van der Waals surface area (Å²) in [5, 5.41) is 1.99. The average Bonchev–Trinajstić information content (AvgIpc) is 2.90. The number of thiazole rings is 1. The zero-order valence-corrected chi connectivity index (χ0v) is 10.9. The van der Waals surface area contributed by atoms with Crippen molar-refractivity contribution in [2.45, 2.75) is 6.54 Å². The van der Waals surface area contributed by atoms with Crippen LogP contribution in [0.25, 0.3) is 0 Å². The normalized spacial score (nSPS) is 10.2. The predicted molar refractivity (Wildman–Crippen MR) is 70.6 cm³/mol. The number of nitrogens with one attached hydrogen (secondary N) is 1. The summed E-state index contributed by atoms with van der Waals surface area (Å²) in [6.45, 7) is 0.640. The fourth-order valence-corrected chi connectivity index (χ4v) is 2.11. The van der Waals surface area contributed by atoms with Crippen LogP contribution in [-0.2, 0) is 6.54 Å². The summed E-state index contributed by atoms with van der Waals surface area (Å²) in [6.07, 6.45) is 1.44. The zero-order chi connectivity index (χ0) is 13.0. The SMILES string of the molecule is COc1c(NN)ncnc1N(C)Cc1cscn1. The van der Waals surface area contributed by atoms with E-state index >= 15 is 0 Å². The molecule has 96 valence electrons. The average molecular weight is 266 g/mol. The maximum atomic E-state index is 5.38. The molecule has 3 N–H and O–H groups in total. The molecular weight excluding hydrogens is 252 g/mol. The number of nitrogen functional groups attached to an aromatic ring is 1. The molecule has 0 bridgehead atoms. The van der Waals surface area contributed by atoms with E-state index < -0.39 is 0 Å². The number of hydrogen-bond acceptors (Lipinski definition) is 8. The molecule has 0 amide bonds. The van der Waals surface area contributed by atoms with Gasteiger partial charge in [0, 0.05) is 12.4 Å². The number of hydrazine groups is 1. The van der Waals surface area contributed by atoms with Crippen molar-refractivity contribution in [1.82, 2.24) is 15.0 Å². The van der Waals surface area contributed by atoms with Crippen molar-refractivity contribution in [3.8, 4) is 5.75 Å². The van der Waals surface area contributed by atoms with E-state index in [9.17, 15) is 0 Å². The summed E-state index contributed by atoms with van der Waals surface area (Å²) in [7, 11) is 3.46. The van der Waals surface area contributed by atoms with E-state index in [0.717, 1.165) is 5.69 Å². The number of anilines is 2. The molecule has 8 heteroatoms. The summed E-state index contributed by atoms with van der Waals surface area (Å²) < 4.78 is 5.28. The van der Waals surface area contributed by atoms with Crippen molar-refractivity contribution >= 4 is 23.0 Å². The van der Waals surface area contributed by atoms with Gasteiger partial charge in [0.05, 0.1) is 24.9 Å². The highest BCUT2D eigenvalue weighted by molar-refractivity contribution is 7.07. The van der Waals surface area contributed by atoms with Crippen molar-refractivity contribution in [3.05, 3.63) is 22.9 Å². The Morgan fingerprint density at radius 3 is 2.89 bits per heavy atom. The maximum absolute atomic E-state index is 5.38. The number of aromatic nitrogens is 3. The lowest BCUT2D eigenvalue weighted by molar-refractivity contribution is 0.412. The molecule has 2 rings (SSSR count). The van der Waals surface area contributed by atoms with Gasteiger partial charge in [0.2, 0.25) is 5.75 Å².